The lowest BCUT2D eigenvalue weighted by atomic mass is 10.1. The second-order valence-electron chi connectivity index (χ2n) is 5.59. The Labute approximate surface area is 119 Å². The zero-order valence-electron chi connectivity index (χ0n) is 12.1. The first-order valence-corrected chi connectivity index (χ1v) is 7.12. The summed E-state index contributed by atoms with van der Waals surface area (Å²) >= 11 is 0. The summed E-state index contributed by atoms with van der Waals surface area (Å²) < 4.78 is 1.93. The van der Waals surface area contributed by atoms with E-state index in [1.54, 1.807) is 6.33 Å². The van der Waals surface area contributed by atoms with Gasteiger partial charge in [0.2, 0.25) is 0 Å². The monoisotopic (exact) mass is 271 g/mol. The Hall–Kier alpha value is -1.88. The number of rotatable bonds is 3. The molecule has 0 aliphatic carbocycles. The molecule has 5 heteroatoms. The van der Waals surface area contributed by atoms with Gasteiger partial charge >= 0.3 is 0 Å². The van der Waals surface area contributed by atoms with Crippen molar-refractivity contribution in [2.45, 2.75) is 18.9 Å². The number of hydrogen-bond acceptors (Lipinski definition) is 4. The number of aryl methyl sites for hydroxylation is 1. The summed E-state index contributed by atoms with van der Waals surface area (Å²) in [5.74, 6) is 0.897. The molecule has 1 fully saturated rings. The van der Waals surface area contributed by atoms with Crippen molar-refractivity contribution in [3.05, 3.63) is 30.6 Å². The van der Waals surface area contributed by atoms with Crippen molar-refractivity contribution in [1.82, 2.24) is 19.7 Å². The highest BCUT2D eigenvalue weighted by molar-refractivity contribution is 5.59. The van der Waals surface area contributed by atoms with Crippen LogP contribution in [0.3, 0.4) is 0 Å². The highest BCUT2D eigenvalue weighted by Gasteiger charge is 2.16. The first kappa shape index (κ1) is 13.1. The van der Waals surface area contributed by atoms with Crippen molar-refractivity contribution < 1.29 is 0 Å². The van der Waals surface area contributed by atoms with Crippen molar-refractivity contribution >= 4 is 5.69 Å². The van der Waals surface area contributed by atoms with E-state index in [9.17, 15) is 0 Å². The van der Waals surface area contributed by atoms with Gasteiger partial charge in [-0.05, 0) is 50.7 Å². The summed E-state index contributed by atoms with van der Waals surface area (Å²) in [6, 6.07) is 8.99. The SMILES string of the molecule is CN1CCCC(Nc2ccc(-c3nncn3C)cc2)C1. The van der Waals surface area contributed by atoms with Crippen LogP contribution in [-0.2, 0) is 7.05 Å². The van der Waals surface area contributed by atoms with Gasteiger partial charge in [0.25, 0.3) is 0 Å². The zero-order chi connectivity index (χ0) is 13.9. The molecule has 0 saturated carbocycles. The minimum Gasteiger partial charge on any atom is -0.381 e. The molecule has 1 aromatic carbocycles. The molecule has 1 aromatic heterocycles. The molecule has 5 nitrogen and oxygen atoms in total. The molecule has 2 aromatic rings. The van der Waals surface area contributed by atoms with Crippen molar-refractivity contribution in [2.24, 2.45) is 7.05 Å². The fourth-order valence-electron chi connectivity index (χ4n) is 2.78. The first-order valence-electron chi connectivity index (χ1n) is 7.12. The Balaban J connectivity index is 1.69. The summed E-state index contributed by atoms with van der Waals surface area (Å²) in [6.07, 6.45) is 4.24. The lowest BCUT2D eigenvalue weighted by Gasteiger charge is -2.30. The van der Waals surface area contributed by atoms with Crippen molar-refractivity contribution in [3.8, 4) is 11.4 Å². The van der Waals surface area contributed by atoms with Crippen molar-refractivity contribution in [1.29, 1.82) is 0 Å². The van der Waals surface area contributed by atoms with E-state index in [0.29, 0.717) is 6.04 Å². The fourth-order valence-corrected chi connectivity index (χ4v) is 2.78. The van der Waals surface area contributed by atoms with Crippen molar-refractivity contribution in [2.75, 3.05) is 25.5 Å². The molecule has 106 valence electrons. The van der Waals surface area contributed by atoms with E-state index < -0.39 is 0 Å². The van der Waals surface area contributed by atoms with Crippen LogP contribution in [0.4, 0.5) is 5.69 Å². The number of likely N-dealkylation sites (N-methyl/N-ethyl adjacent to an activating group) is 1. The van der Waals surface area contributed by atoms with Crippen LogP contribution in [0, 0.1) is 0 Å². The van der Waals surface area contributed by atoms with Crippen LogP contribution >= 0.6 is 0 Å². The smallest absolute Gasteiger partial charge is 0.163 e. The van der Waals surface area contributed by atoms with Gasteiger partial charge in [-0.1, -0.05) is 0 Å². The summed E-state index contributed by atoms with van der Waals surface area (Å²) in [5, 5.41) is 11.7. The van der Waals surface area contributed by atoms with E-state index in [1.807, 2.05) is 11.6 Å². The molecule has 1 unspecified atom stereocenters. The summed E-state index contributed by atoms with van der Waals surface area (Å²) in [6.45, 7) is 2.33. The van der Waals surface area contributed by atoms with E-state index in [2.05, 4.69) is 51.7 Å². The van der Waals surface area contributed by atoms with Gasteiger partial charge in [-0.3, -0.25) is 0 Å². The lowest BCUT2D eigenvalue weighted by molar-refractivity contribution is 0.261. The molecule has 20 heavy (non-hydrogen) atoms. The van der Waals surface area contributed by atoms with E-state index in [4.69, 9.17) is 0 Å². The van der Waals surface area contributed by atoms with Crippen LogP contribution in [0.2, 0.25) is 0 Å². The number of anilines is 1. The minimum atomic E-state index is 0.550. The maximum Gasteiger partial charge on any atom is 0.163 e. The maximum absolute atomic E-state index is 4.13. The van der Waals surface area contributed by atoms with E-state index in [0.717, 1.165) is 17.9 Å². The number of piperidine rings is 1. The Morgan fingerprint density at radius 1 is 1.20 bits per heavy atom. The molecule has 0 bridgehead atoms. The standard InChI is InChI=1S/C15H21N5/c1-19-9-3-4-14(10-19)17-13-7-5-12(6-8-13)15-18-16-11-20(15)2/h5-8,11,14,17H,3-4,9-10H2,1-2H3. The maximum atomic E-state index is 4.13. The lowest BCUT2D eigenvalue weighted by Crippen LogP contribution is -2.39. The molecule has 2 heterocycles. The third-order valence-electron chi connectivity index (χ3n) is 3.85. The number of aromatic nitrogens is 3. The van der Waals surface area contributed by atoms with Gasteiger partial charge < -0.3 is 14.8 Å². The second kappa shape index (κ2) is 5.63. The Morgan fingerprint density at radius 2 is 2.00 bits per heavy atom. The molecule has 1 aliphatic heterocycles. The molecular weight excluding hydrogens is 250 g/mol. The Morgan fingerprint density at radius 3 is 2.65 bits per heavy atom. The average molecular weight is 271 g/mol. The molecule has 1 aliphatic rings. The molecule has 0 spiro atoms. The molecule has 0 radical (unpaired) electrons. The minimum absolute atomic E-state index is 0.550. The van der Waals surface area contributed by atoms with Crippen LogP contribution in [0.15, 0.2) is 30.6 Å². The number of hydrogen-bond donors (Lipinski definition) is 1. The summed E-state index contributed by atoms with van der Waals surface area (Å²) in [4.78, 5) is 2.38. The first-order chi connectivity index (χ1) is 9.72. The normalized spacial score (nSPS) is 20.0. The molecule has 1 atom stereocenters. The van der Waals surface area contributed by atoms with Gasteiger partial charge in [0, 0.05) is 30.9 Å². The van der Waals surface area contributed by atoms with Crippen LogP contribution < -0.4 is 5.32 Å². The van der Waals surface area contributed by atoms with Gasteiger partial charge in [0.05, 0.1) is 0 Å². The van der Waals surface area contributed by atoms with Crippen LogP contribution in [-0.4, -0.2) is 45.8 Å². The third kappa shape index (κ3) is 2.82. The second-order valence-corrected chi connectivity index (χ2v) is 5.59. The number of likely N-dealkylation sites (tertiary alicyclic amines) is 1. The Kier molecular flexibility index (Phi) is 3.69. The zero-order valence-corrected chi connectivity index (χ0v) is 12.1. The quantitative estimate of drug-likeness (QED) is 0.927. The summed E-state index contributed by atoms with van der Waals surface area (Å²) in [7, 11) is 4.14. The van der Waals surface area contributed by atoms with Crippen LogP contribution in [0.25, 0.3) is 11.4 Å². The van der Waals surface area contributed by atoms with E-state index in [-0.39, 0.29) is 0 Å². The number of benzene rings is 1. The molecular formula is C15H21N5. The number of nitrogens with zero attached hydrogens (tertiary/aromatic N) is 4. The fraction of sp³-hybridized carbons (Fsp3) is 0.467. The molecule has 1 saturated heterocycles. The van der Waals surface area contributed by atoms with Gasteiger partial charge in [-0.2, -0.15) is 0 Å². The molecule has 1 N–H and O–H groups in total. The van der Waals surface area contributed by atoms with Crippen LogP contribution in [0.5, 0.6) is 0 Å². The predicted octanol–water partition coefficient (Wildman–Crippen LogP) is 1.99. The molecule has 3 rings (SSSR count). The van der Waals surface area contributed by atoms with E-state index in [1.165, 1.54) is 25.1 Å². The predicted molar refractivity (Wildman–Crippen MR) is 80.6 cm³/mol. The van der Waals surface area contributed by atoms with Gasteiger partial charge in [0.15, 0.2) is 5.82 Å². The van der Waals surface area contributed by atoms with Gasteiger partial charge in [0.1, 0.15) is 6.33 Å². The summed E-state index contributed by atoms with van der Waals surface area (Å²) in [5.41, 5.74) is 2.27. The molecule has 0 amide bonds. The van der Waals surface area contributed by atoms with E-state index >= 15 is 0 Å². The van der Waals surface area contributed by atoms with Gasteiger partial charge in [-0.15, -0.1) is 10.2 Å². The highest BCUT2D eigenvalue weighted by Crippen LogP contribution is 2.20. The van der Waals surface area contributed by atoms with Crippen LogP contribution in [0.1, 0.15) is 12.8 Å². The van der Waals surface area contributed by atoms with Gasteiger partial charge in [-0.25, -0.2) is 0 Å². The van der Waals surface area contributed by atoms with Crippen molar-refractivity contribution in [3.63, 3.8) is 0 Å². The topological polar surface area (TPSA) is 46.0 Å². The third-order valence-corrected chi connectivity index (χ3v) is 3.85. The largest absolute Gasteiger partial charge is 0.381 e. The average Bonchev–Trinajstić information content (AvgIpc) is 2.86. The number of nitrogens with one attached hydrogen (secondary N) is 1. The Bertz CT molecular complexity index is 560. The highest BCUT2D eigenvalue weighted by atomic mass is 15.2.